The van der Waals surface area contributed by atoms with Crippen molar-refractivity contribution in [3.63, 3.8) is 0 Å². The lowest BCUT2D eigenvalue weighted by Gasteiger charge is -2.56. The van der Waals surface area contributed by atoms with Gasteiger partial charge < -0.3 is 29.0 Å². The molecular weight excluding hydrogens is 582 g/mol. The molecule has 2 aliphatic heterocycles. The maximum absolute atomic E-state index is 13.7. The molecule has 0 radical (unpaired) electrons. The first-order valence-corrected chi connectivity index (χ1v) is 15.8. The number of carbonyl (C=O) groups is 2. The third-order valence-electron chi connectivity index (χ3n) is 10.6. The quantitative estimate of drug-likeness (QED) is 0.170. The Morgan fingerprint density at radius 3 is 2.63 bits per heavy atom. The van der Waals surface area contributed by atoms with E-state index in [1.807, 2.05) is 48.5 Å². The second kappa shape index (κ2) is 10.7. The summed E-state index contributed by atoms with van der Waals surface area (Å²) in [6, 6.07) is 22.3. The molecule has 234 valence electrons. The predicted molar refractivity (Wildman–Crippen MR) is 172 cm³/mol. The van der Waals surface area contributed by atoms with Gasteiger partial charge in [0.15, 0.2) is 11.5 Å². The number of para-hydroxylation sites is 1. The first-order chi connectivity index (χ1) is 22.3. The average molecular weight is 618 g/mol. The fourth-order valence-electron chi connectivity index (χ4n) is 8.16. The van der Waals surface area contributed by atoms with Crippen molar-refractivity contribution < 1.29 is 33.6 Å². The first kappa shape index (κ1) is 28.8. The molecule has 1 N–H and O–H groups in total. The topological polar surface area (TPSA) is 94.5 Å². The number of benzene rings is 4. The number of aliphatic hydroxyl groups excluding tert-OH is 1. The van der Waals surface area contributed by atoms with Crippen molar-refractivity contribution >= 4 is 22.7 Å². The van der Waals surface area contributed by atoms with Crippen molar-refractivity contribution in [1.29, 1.82) is 0 Å². The number of esters is 2. The van der Waals surface area contributed by atoms with Gasteiger partial charge in [0.05, 0.1) is 13.0 Å². The van der Waals surface area contributed by atoms with Gasteiger partial charge in [-0.25, -0.2) is 4.79 Å². The fourth-order valence-corrected chi connectivity index (χ4v) is 8.16. The van der Waals surface area contributed by atoms with Gasteiger partial charge >= 0.3 is 11.9 Å². The number of nitrogens with zero attached hydrogens (tertiary/aromatic N) is 1. The molecule has 8 nitrogen and oxygen atoms in total. The summed E-state index contributed by atoms with van der Waals surface area (Å²) in [4.78, 5) is 29.5. The average Bonchev–Trinajstić information content (AvgIpc) is 3.43. The SMILES string of the molecule is COc1ccc2cc(C(C)C(=O)Oc3ccccc3C(=O)Oc3ccc4c5c3O[C@H]3C(O)C=CC6[C@@H](C4)N(C)CC[C@@]563)ccc2c1. The molecule has 2 bridgehead atoms. The van der Waals surface area contributed by atoms with Crippen LogP contribution in [0.1, 0.15) is 46.3 Å². The molecule has 1 fully saturated rings. The van der Waals surface area contributed by atoms with E-state index in [9.17, 15) is 14.7 Å². The van der Waals surface area contributed by atoms with Gasteiger partial charge in [-0.15, -0.1) is 0 Å². The molecule has 1 spiro atoms. The number of likely N-dealkylation sites (tertiary alicyclic amines) is 1. The molecule has 3 unspecified atom stereocenters. The van der Waals surface area contributed by atoms with E-state index in [-0.39, 0.29) is 22.6 Å². The molecule has 4 aliphatic rings. The van der Waals surface area contributed by atoms with Crippen molar-refractivity contribution in [1.82, 2.24) is 4.90 Å². The van der Waals surface area contributed by atoms with E-state index in [0.29, 0.717) is 17.5 Å². The molecular formula is C38H35NO7. The minimum absolute atomic E-state index is 0.121. The van der Waals surface area contributed by atoms with Crippen molar-refractivity contribution in [3.8, 4) is 23.0 Å². The second-order valence-corrected chi connectivity index (χ2v) is 12.9. The molecule has 1 saturated heterocycles. The minimum Gasteiger partial charge on any atom is -0.497 e. The van der Waals surface area contributed by atoms with Crippen LogP contribution in [0.25, 0.3) is 10.8 Å². The van der Waals surface area contributed by atoms with Crippen molar-refractivity contribution in [2.24, 2.45) is 5.92 Å². The Morgan fingerprint density at radius 2 is 1.78 bits per heavy atom. The summed E-state index contributed by atoms with van der Waals surface area (Å²) in [5, 5.41) is 13.0. The molecule has 2 heterocycles. The van der Waals surface area contributed by atoms with Crippen molar-refractivity contribution in [3.05, 3.63) is 107 Å². The lowest BCUT2D eigenvalue weighted by atomic mass is 9.53. The lowest BCUT2D eigenvalue weighted by Crippen LogP contribution is -2.64. The predicted octanol–water partition coefficient (Wildman–Crippen LogP) is 5.58. The van der Waals surface area contributed by atoms with E-state index < -0.39 is 30.1 Å². The maximum Gasteiger partial charge on any atom is 0.347 e. The molecule has 6 atom stereocenters. The summed E-state index contributed by atoms with van der Waals surface area (Å²) in [5.41, 5.74) is 2.79. The summed E-state index contributed by atoms with van der Waals surface area (Å²) in [7, 11) is 3.79. The number of aliphatic hydroxyl groups is 1. The summed E-state index contributed by atoms with van der Waals surface area (Å²) < 4.78 is 23.7. The number of likely N-dealkylation sites (N-methyl/N-ethyl adjacent to an activating group) is 1. The van der Waals surface area contributed by atoms with Crippen LogP contribution in [0.15, 0.2) is 84.9 Å². The Balaban J connectivity index is 1.06. The zero-order chi connectivity index (χ0) is 31.7. The first-order valence-electron chi connectivity index (χ1n) is 15.8. The Labute approximate surface area is 267 Å². The zero-order valence-electron chi connectivity index (χ0n) is 25.9. The summed E-state index contributed by atoms with van der Waals surface area (Å²) >= 11 is 0. The van der Waals surface area contributed by atoms with Gasteiger partial charge in [0.2, 0.25) is 0 Å². The van der Waals surface area contributed by atoms with Crippen LogP contribution in [0.3, 0.4) is 0 Å². The Bertz CT molecular complexity index is 1930. The lowest BCUT2D eigenvalue weighted by molar-refractivity contribution is -0.135. The number of methoxy groups -OCH3 is 1. The van der Waals surface area contributed by atoms with Crippen LogP contribution >= 0.6 is 0 Å². The van der Waals surface area contributed by atoms with Gasteiger partial charge in [0, 0.05) is 22.9 Å². The van der Waals surface area contributed by atoms with Crippen LogP contribution in [-0.2, 0) is 16.6 Å². The van der Waals surface area contributed by atoms with Crippen molar-refractivity contribution in [2.45, 2.75) is 49.3 Å². The molecule has 0 amide bonds. The monoisotopic (exact) mass is 617 g/mol. The number of fused-ring (bicyclic) bond motifs is 1. The molecule has 0 saturated carbocycles. The van der Waals surface area contributed by atoms with Gasteiger partial charge in [-0.2, -0.15) is 0 Å². The highest BCUT2D eigenvalue weighted by atomic mass is 16.6. The highest BCUT2D eigenvalue weighted by Crippen LogP contribution is 2.62. The Morgan fingerprint density at radius 1 is 0.978 bits per heavy atom. The number of carbonyl (C=O) groups excluding carboxylic acids is 2. The third kappa shape index (κ3) is 4.27. The van der Waals surface area contributed by atoms with E-state index >= 15 is 0 Å². The molecule has 4 aromatic rings. The van der Waals surface area contributed by atoms with Gasteiger partial charge in [-0.3, -0.25) is 4.79 Å². The van der Waals surface area contributed by atoms with Crippen LogP contribution in [0.4, 0.5) is 0 Å². The molecule has 4 aromatic carbocycles. The smallest absolute Gasteiger partial charge is 0.347 e. The summed E-state index contributed by atoms with van der Waals surface area (Å²) in [5.74, 6) is 0.189. The number of ether oxygens (including phenoxy) is 4. The Hall–Kier alpha value is -4.66. The number of piperidine rings is 1. The molecule has 8 rings (SSSR count). The van der Waals surface area contributed by atoms with Crippen LogP contribution < -0.4 is 18.9 Å². The zero-order valence-corrected chi connectivity index (χ0v) is 25.9. The largest absolute Gasteiger partial charge is 0.497 e. The maximum atomic E-state index is 13.7. The number of hydrogen-bond acceptors (Lipinski definition) is 8. The van der Waals surface area contributed by atoms with Gasteiger partial charge in [-0.1, -0.05) is 54.6 Å². The highest BCUT2D eigenvalue weighted by molar-refractivity contribution is 5.96. The molecule has 46 heavy (non-hydrogen) atoms. The highest BCUT2D eigenvalue weighted by Gasteiger charge is 2.64. The molecule has 8 heteroatoms. The standard InChI is InChI=1S/C38H35NO7/c1-21(22-8-9-24-19-26(43-3)12-10-23(24)18-22)36(41)44-31-7-5-4-6-27(31)37(42)45-32-15-11-25-20-29-28-13-14-30(40)35-38(28,16-17-39(29)2)33(25)34(32)46-35/h4-15,18-19,21,28-30,35,40H,16-17,20H2,1-3H3/t21?,28?,29-,30?,35+,38+/m1/s1. The van der Waals surface area contributed by atoms with E-state index in [0.717, 1.165) is 47.0 Å². The summed E-state index contributed by atoms with van der Waals surface area (Å²) in [6.45, 7) is 2.68. The number of hydrogen-bond donors (Lipinski definition) is 1. The van der Waals surface area contributed by atoms with Crippen LogP contribution in [0.5, 0.6) is 23.0 Å². The summed E-state index contributed by atoms with van der Waals surface area (Å²) in [6.07, 6.45) is 4.51. The number of rotatable bonds is 6. The second-order valence-electron chi connectivity index (χ2n) is 12.9. The van der Waals surface area contributed by atoms with E-state index in [4.69, 9.17) is 18.9 Å². The van der Waals surface area contributed by atoms with Crippen molar-refractivity contribution in [2.75, 3.05) is 20.7 Å². The van der Waals surface area contributed by atoms with Crippen LogP contribution in [-0.4, -0.2) is 60.9 Å². The third-order valence-corrected chi connectivity index (χ3v) is 10.6. The van der Waals surface area contributed by atoms with Crippen LogP contribution in [0, 0.1) is 5.92 Å². The van der Waals surface area contributed by atoms with Gasteiger partial charge in [-0.05, 0) is 85.6 Å². The van der Waals surface area contributed by atoms with Gasteiger partial charge in [0.1, 0.15) is 29.3 Å². The molecule has 0 aromatic heterocycles. The Kier molecular flexibility index (Phi) is 6.70. The van der Waals surface area contributed by atoms with E-state index in [1.54, 1.807) is 44.4 Å². The minimum atomic E-state index is -0.755. The van der Waals surface area contributed by atoms with Crippen LogP contribution in [0.2, 0.25) is 0 Å². The van der Waals surface area contributed by atoms with E-state index in [1.165, 1.54) is 5.56 Å². The van der Waals surface area contributed by atoms with E-state index in [2.05, 4.69) is 18.0 Å². The molecule has 2 aliphatic carbocycles. The normalized spacial score (nSPS) is 26.2. The van der Waals surface area contributed by atoms with Gasteiger partial charge in [0.25, 0.3) is 0 Å². The fraction of sp³-hybridized carbons (Fsp3) is 0.316.